The van der Waals surface area contributed by atoms with Crippen LogP contribution >= 0.6 is 11.8 Å². The lowest BCUT2D eigenvalue weighted by atomic mass is 10.0. The number of nitrogens with zero attached hydrogens (tertiary/aromatic N) is 1. The van der Waals surface area contributed by atoms with Crippen LogP contribution in [0.2, 0.25) is 0 Å². The first-order valence-electron chi connectivity index (χ1n) is 4.45. The van der Waals surface area contributed by atoms with Crippen molar-refractivity contribution in [3.8, 4) is 0 Å². The summed E-state index contributed by atoms with van der Waals surface area (Å²) in [5.41, 5.74) is 5.31. The monoisotopic (exact) mass is 216 g/mol. The third kappa shape index (κ3) is 1.61. The topological polar surface area (TPSA) is 63.4 Å². The van der Waals surface area contributed by atoms with Crippen LogP contribution in [0.15, 0.2) is 0 Å². The fourth-order valence-electron chi connectivity index (χ4n) is 2.07. The Kier molecular flexibility index (Phi) is 2.56. The highest BCUT2D eigenvalue weighted by atomic mass is 32.2. The lowest BCUT2D eigenvalue weighted by molar-refractivity contribution is -0.133. The third-order valence-electron chi connectivity index (χ3n) is 2.45. The summed E-state index contributed by atoms with van der Waals surface area (Å²) >= 11 is 1.59. The molecule has 1 rings (SSSR count). The number of carbonyl (C=O) groups excluding carboxylic acids is 2. The normalized spacial score (nSPS) is 28.9. The highest BCUT2D eigenvalue weighted by Crippen LogP contribution is 2.49. The molecule has 1 unspecified atom stereocenters. The third-order valence-corrected chi connectivity index (χ3v) is 3.91. The van der Waals surface area contributed by atoms with E-state index in [-0.39, 0.29) is 9.62 Å². The van der Waals surface area contributed by atoms with E-state index in [0.29, 0.717) is 6.41 Å². The lowest BCUT2D eigenvalue weighted by Crippen LogP contribution is -2.52. The molecular formula is C9H16N2O2S. The molecule has 1 saturated heterocycles. The van der Waals surface area contributed by atoms with Gasteiger partial charge in [0.15, 0.2) is 0 Å². The van der Waals surface area contributed by atoms with Gasteiger partial charge in [0, 0.05) is 4.75 Å². The van der Waals surface area contributed by atoms with Crippen molar-refractivity contribution in [2.45, 2.75) is 43.4 Å². The van der Waals surface area contributed by atoms with E-state index in [4.69, 9.17) is 5.73 Å². The standard InChI is InChI=1S/C9H16N2O2S/c1-8(2)6(7(10)13)11(5-12)9(3,4)14-8/h5-6H,1-4H3,(H2,10,13). The molecule has 1 atom stereocenters. The fraction of sp³-hybridized carbons (Fsp3) is 0.778. The van der Waals surface area contributed by atoms with Gasteiger partial charge in [-0.1, -0.05) is 0 Å². The van der Waals surface area contributed by atoms with Gasteiger partial charge >= 0.3 is 0 Å². The van der Waals surface area contributed by atoms with Gasteiger partial charge in [-0.2, -0.15) is 0 Å². The van der Waals surface area contributed by atoms with E-state index in [2.05, 4.69) is 0 Å². The van der Waals surface area contributed by atoms with Crippen LogP contribution in [0.25, 0.3) is 0 Å². The Labute approximate surface area is 88.2 Å². The average Bonchev–Trinajstić information content (AvgIpc) is 2.13. The second-order valence-electron chi connectivity index (χ2n) is 4.47. The van der Waals surface area contributed by atoms with Crippen LogP contribution < -0.4 is 5.73 Å². The summed E-state index contributed by atoms with van der Waals surface area (Å²) in [5.74, 6) is -0.444. The van der Waals surface area contributed by atoms with Crippen molar-refractivity contribution in [1.82, 2.24) is 4.90 Å². The molecule has 1 aliphatic heterocycles. The molecule has 4 nitrogen and oxygen atoms in total. The smallest absolute Gasteiger partial charge is 0.241 e. The van der Waals surface area contributed by atoms with Crippen LogP contribution in [0.4, 0.5) is 0 Å². The van der Waals surface area contributed by atoms with Crippen LogP contribution in [-0.2, 0) is 9.59 Å². The van der Waals surface area contributed by atoms with Crippen molar-refractivity contribution in [2.24, 2.45) is 5.73 Å². The molecule has 0 spiro atoms. The van der Waals surface area contributed by atoms with E-state index in [1.54, 1.807) is 11.8 Å². The Morgan fingerprint density at radius 2 is 1.93 bits per heavy atom. The number of nitrogens with two attached hydrogens (primary N) is 1. The number of hydrogen-bond donors (Lipinski definition) is 1. The van der Waals surface area contributed by atoms with Crippen molar-refractivity contribution < 1.29 is 9.59 Å². The van der Waals surface area contributed by atoms with Crippen LogP contribution in [0.1, 0.15) is 27.7 Å². The van der Waals surface area contributed by atoms with Crippen LogP contribution in [-0.4, -0.2) is 32.9 Å². The average molecular weight is 216 g/mol. The SMILES string of the molecule is CC1(C)SC(C)(C)N(C=O)C1C(N)=O. The molecule has 5 heteroatoms. The Hall–Kier alpha value is -0.710. The first-order chi connectivity index (χ1) is 6.22. The molecule has 14 heavy (non-hydrogen) atoms. The number of rotatable bonds is 2. The number of primary amides is 1. The van der Waals surface area contributed by atoms with Crippen molar-refractivity contribution in [3.05, 3.63) is 0 Å². The molecule has 1 fully saturated rings. The fourth-order valence-corrected chi connectivity index (χ4v) is 3.95. The minimum absolute atomic E-state index is 0.323. The highest BCUT2D eigenvalue weighted by molar-refractivity contribution is 8.02. The van der Waals surface area contributed by atoms with Gasteiger partial charge in [0.05, 0.1) is 4.87 Å². The van der Waals surface area contributed by atoms with E-state index < -0.39 is 11.9 Å². The van der Waals surface area contributed by atoms with Gasteiger partial charge in [0.25, 0.3) is 0 Å². The predicted octanol–water partition coefficient (Wildman–Crippen LogP) is 0.560. The maximum absolute atomic E-state index is 11.3. The molecule has 0 aromatic heterocycles. The molecule has 0 aromatic rings. The van der Waals surface area contributed by atoms with E-state index in [9.17, 15) is 9.59 Å². The number of hydrogen-bond acceptors (Lipinski definition) is 3. The molecule has 80 valence electrons. The molecule has 2 N–H and O–H groups in total. The minimum atomic E-state index is -0.528. The number of carbonyl (C=O) groups is 2. The summed E-state index contributed by atoms with van der Waals surface area (Å²) in [6.45, 7) is 7.68. The molecule has 0 aromatic carbocycles. The molecular weight excluding hydrogens is 200 g/mol. The van der Waals surface area contributed by atoms with Gasteiger partial charge in [0.2, 0.25) is 12.3 Å². The van der Waals surface area contributed by atoms with E-state index in [1.165, 1.54) is 4.90 Å². The molecule has 0 saturated carbocycles. The first kappa shape index (κ1) is 11.4. The minimum Gasteiger partial charge on any atom is -0.368 e. The zero-order valence-electron chi connectivity index (χ0n) is 8.90. The van der Waals surface area contributed by atoms with E-state index in [1.807, 2.05) is 27.7 Å². The number of amides is 2. The Balaban J connectivity index is 3.12. The summed E-state index contributed by atoms with van der Waals surface area (Å²) in [6.07, 6.45) is 0.706. The molecule has 0 aliphatic carbocycles. The maximum Gasteiger partial charge on any atom is 0.241 e. The quantitative estimate of drug-likeness (QED) is 0.686. The summed E-state index contributed by atoms with van der Waals surface area (Å²) in [6, 6.07) is -0.528. The van der Waals surface area contributed by atoms with Gasteiger partial charge < -0.3 is 10.6 Å². The number of thioether (sulfide) groups is 1. The first-order valence-corrected chi connectivity index (χ1v) is 5.27. The molecule has 0 radical (unpaired) electrons. The van der Waals surface area contributed by atoms with Gasteiger partial charge in [0.1, 0.15) is 6.04 Å². The van der Waals surface area contributed by atoms with Gasteiger partial charge in [-0.3, -0.25) is 9.59 Å². The molecule has 0 bridgehead atoms. The van der Waals surface area contributed by atoms with Crippen molar-refractivity contribution >= 4 is 24.1 Å². The van der Waals surface area contributed by atoms with Crippen LogP contribution in [0.5, 0.6) is 0 Å². The van der Waals surface area contributed by atoms with E-state index in [0.717, 1.165) is 0 Å². The van der Waals surface area contributed by atoms with Gasteiger partial charge in [-0.15, -0.1) is 11.8 Å². The molecule has 2 amide bonds. The maximum atomic E-state index is 11.3. The summed E-state index contributed by atoms with van der Waals surface area (Å²) in [5, 5.41) is 0. The van der Waals surface area contributed by atoms with Crippen LogP contribution in [0, 0.1) is 0 Å². The highest BCUT2D eigenvalue weighted by Gasteiger charge is 2.53. The van der Waals surface area contributed by atoms with Gasteiger partial charge in [-0.25, -0.2) is 0 Å². The predicted molar refractivity (Wildman–Crippen MR) is 56.6 cm³/mol. The van der Waals surface area contributed by atoms with Gasteiger partial charge in [-0.05, 0) is 27.7 Å². The molecule has 1 aliphatic rings. The Bertz CT molecular complexity index is 276. The Morgan fingerprint density at radius 3 is 2.21 bits per heavy atom. The van der Waals surface area contributed by atoms with E-state index >= 15 is 0 Å². The molecule has 1 heterocycles. The summed E-state index contributed by atoms with van der Waals surface area (Å²) in [7, 11) is 0. The van der Waals surface area contributed by atoms with Crippen molar-refractivity contribution in [3.63, 3.8) is 0 Å². The van der Waals surface area contributed by atoms with Crippen molar-refractivity contribution in [2.75, 3.05) is 0 Å². The second kappa shape index (κ2) is 3.15. The zero-order valence-corrected chi connectivity index (χ0v) is 9.72. The Morgan fingerprint density at radius 1 is 1.43 bits per heavy atom. The van der Waals surface area contributed by atoms with Crippen molar-refractivity contribution in [1.29, 1.82) is 0 Å². The largest absolute Gasteiger partial charge is 0.368 e. The second-order valence-corrected chi connectivity index (χ2v) is 6.73. The van der Waals surface area contributed by atoms with Crippen LogP contribution in [0.3, 0.4) is 0 Å². The summed E-state index contributed by atoms with van der Waals surface area (Å²) < 4.78 is -0.323. The zero-order chi connectivity index (χ0) is 11.1. The summed E-state index contributed by atoms with van der Waals surface area (Å²) in [4.78, 5) is 23.3. The lowest BCUT2D eigenvalue weighted by Gasteiger charge is -2.30.